The van der Waals surface area contributed by atoms with Crippen LogP contribution in [0.15, 0.2) is 18.2 Å². The van der Waals surface area contributed by atoms with Crippen LogP contribution in [-0.2, 0) is 6.54 Å². The number of nitrogens with zero attached hydrogens (tertiary/aromatic N) is 2. The zero-order chi connectivity index (χ0) is 15.5. The van der Waals surface area contributed by atoms with E-state index in [9.17, 15) is 15.2 Å². The number of para-hydroxylation sites is 1. The number of hydrogen-bond donors (Lipinski definition) is 2. The molecular weight excluding hydrogens is 270 g/mol. The Morgan fingerprint density at radius 3 is 2.86 bits per heavy atom. The van der Waals surface area contributed by atoms with Crippen LogP contribution in [0, 0.1) is 10.1 Å². The van der Waals surface area contributed by atoms with Gasteiger partial charge in [0.25, 0.3) is 5.69 Å². The van der Waals surface area contributed by atoms with Gasteiger partial charge in [0.2, 0.25) is 0 Å². The van der Waals surface area contributed by atoms with Crippen molar-refractivity contribution in [2.45, 2.75) is 38.3 Å². The first-order valence-electron chi connectivity index (χ1n) is 7.32. The number of benzene rings is 1. The molecule has 6 heteroatoms. The maximum Gasteiger partial charge on any atom is 0.292 e. The lowest BCUT2D eigenvalue weighted by Gasteiger charge is -2.23. The molecule has 1 aromatic carbocycles. The number of nitro benzene ring substituents is 1. The van der Waals surface area contributed by atoms with Gasteiger partial charge >= 0.3 is 0 Å². The van der Waals surface area contributed by atoms with Gasteiger partial charge in [0.05, 0.1) is 10.5 Å². The van der Waals surface area contributed by atoms with Crippen molar-refractivity contribution in [1.82, 2.24) is 4.90 Å². The molecule has 6 nitrogen and oxygen atoms in total. The van der Waals surface area contributed by atoms with Crippen molar-refractivity contribution in [3.8, 4) is 0 Å². The molecule has 0 aromatic heterocycles. The van der Waals surface area contributed by atoms with Crippen molar-refractivity contribution in [3.63, 3.8) is 0 Å². The quantitative estimate of drug-likeness (QED) is 0.658. The van der Waals surface area contributed by atoms with Crippen LogP contribution in [0.2, 0.25) is 0 Å². The predicted octanol–water partition coefficient (Wildman–Crippen LogP) is 2.37. The van der Waals surface area contributed by atoms with Gasteiger partial charge in [-0.05, 0) is 38.3 Å². The molecule has 1 aromatic rings. The van der Waals surface area contributed by atoms with Crippen molar-refractivity contribution in [1.29, 1.82) is 0 Å². The van der Waals surface area contributed by atoms with Crippen LogP contribution in [0.5, 0.6) is 0 Å². The van der Waals surface area contributed by atoms with Crippen molar-refractivity contribution in [2.24, 2.45) is 0 Å². The number of rotatable bonds is 4. The summed E-state index contributed by atoms with van der Waals surface area (Å²) in [6, 6.07) is 5.16. The number of hydrogen-bond acceptors (Lipinski definition) is 5. The molecule has 1 aliphatic rings. The molecule has 1 fully saturated rings. The molecule has 0 bridgehead atoms. The van der Waals surface area contributed by atoms with Crippen LogP contribution in [0.1, 0.15) is 31.7 Å². The summed E-state index contributed by atoms with van der Waals surface area (Å²) < 4.78 is 0. The Balaban J connectivity index is 2.16. The van der Waals surface area contributed by atoms with Crippen LogP contribution in [0.25, 0.3) is 0 Å². The third-order valence-corrected chi connectivity index (χ3v) is 4.13. The Morgan fingerprint density at radius 1 is 1.43 bits per heavy atom. The summed E-state index contributed by atoms with van der Waals surface area (Å²) in [5.41, 5.74) is 1.02. The topological polar surface area (TPSA) is 78.6 Å². The second-order valence-corrected chi connectivity index (χ2v) is 5.95. The fourth-order valence-corrected chi connectivity index (χ4v) is 2.88. The van der Waals surface area contributed by atoms with E-state index in [0.29, 0.717) is 12.2 Å². The molecule has 1 saturated heterocycles. The van der Waals surface area contributed by atoms with Crippen LogP contribution in [0.4, 0.5) is 11.4 Å². The predicted molar refractivity (Wildman–Crippen MR) is 82.4 cm³/mol. The third kappa shape index (κ3) is 3.92. The molecule has 1 unspecified atom stereocenters. The molecule has 116 valence electrons. The van der Waals surface area contributed by atoms with Gasteiger partial charge in [0, 0.05) is 26.2 Å². The summed E-state index contributed by atoms with van der Waals surface area (Å²) >= 11 is 0. The molecule has 0 saturated carbocycles. The molecule has 1 heterocycles. The molecule has 0 radical (unpaired) electrons. The summed E-state index contributed by atoms with van der Waals surface area (Å²) in [7, 11) is 1.71. The van der Waals surface area contributed by atoms with Crippen molar-refractivity contribution in [2.75, 3.05) is 25.5 Å². The van der Waals surface area contributed by atoms with E-state index in [4.69, 9.17) is 0 Å². The van der Waals surface area contributed by atoms with Crippen LogP contribution in [0.3, 0.4) is 0 Å². The molecule has 1 aliphatic heterocycles. The first kappa shape index (κ1) is 15.7. The number of likely N-dealkylation sites (tertiary alicyclic amines) is 1. The molecule has 0 spiro atoms. The maximum atomic E-state index is 11.1. The standard InChI is InChI=1S/C15H23N3O3/c1-15(19)7-4-9-17(10-8-15)11-12-5-3-6-13(18(20)21)14(12)16-2/h3,5-6,16,19H,4,7-11H2,1-2H3. The zero-order valence-corrected chi connectivity index (χ0v) is 12.6. The second-order valence-electron chi connectivity index (χ2n) is 5.95. The van der Waals surface area contributed by atoms with Crippen molar-refractivity contribution in [3.05, 3.63) is 33.9 Å². The van der Waals surface area contributed by atoms with E-state index in [1.54, 1.807) is 13.1 Å². The fourth-order valence-electron chi connectivity index (χ4n) is 2.88. The summed E-state index contributed by atoms with van der Waals surface area (Å²) in [5, 5.41) is 24.2. The zero-order valence-electron chi connectivity index (χ0n) is 12.6. The van der Waals surface area contributed by atoms with E-state index in [0.717, 1.165) is 37.9 Å². The first-order valence-corrected chi connectivity index (χ1v) is 7.32. The van der Waals surface area contributed by atoms with Gasteiger partial charge in [-0.15, -0.1) is 0 Å². The van der Waals surface area contributed by atoms with Crippen LogP contribution in [-0.4, -0.2) is 40.7 Å². The monoisotopic (exact) mass is 293 g/mol. The Bertz CT molecular complexity index is 517. The lowest BCUT2D eigenvalue weighted by atomic mass is 9.98. The molecule has 2 N–H and O–H groups in total. The SMILES string of the molecule is CNc1c(CN2CCCC(C)(O)CC2)cccc1[N+](=O)[O-]. The molecule has 21 heavy (non-hydrogen) atoms. The highest BCUT2D eigenvalue weighted by atomic mass is 16.6. The molecular formula is C15H23N3O3. The minimum absolute atomic E-state index is 0.108. The summed E-state index contributed by atoms with van der Waals surface area (Å²) in [6.45, 7) is 4.25. The summed E-state index contributed by atoms with van der Waals surface area (Å²) in [6.07, 6.45) is 2.48. The Hall–Kier alpha value is -1.66. The van der Waals surface area contributed by atoms with E-state index in [-0.39, 0.29) is 10.6 Å². The number of aliphatic hydroxyl groups is 1. The van der Waals surface area contributed by atoms with Crippen molar-refractivity contribution >= 4 is 11.4 Å². The van der Waals surface area contributed by atoms with Crippen molar-refractivity contribution < 1.29 is 10.0 Å². The van der Waals surface area contributed by atoms with E-state index in [1.807, 2.05) is 13.0 Å². The Morgan fingerprint density at radius 2 is 2.19 bits per heavy atom. The van der Waals surface area contributed by atoms with Gasteiger partial charge in [-0.25, -0.2) is 0 Å². The number of nitro groups is 1. The van der Waals surface area contributed by atoms with E-state index < -0.39 is 5.60 Å². The Labute approximate surface area is 124 Å². The maximum absolute atomic E-state index is 11.1. The fraction of sp³-hybridized carbons (Fsp3) is 0.600. The van der Waals surface area contributed by atoms with Gasteiger partial charge < -0.3 is 10.4 Å². The minimum atomic E-state index is -0.594. The van der Waals surface area contributed by atoms with Crippen LogP contribution >= 0.6 is 0 Å². The number of anilines is 1. The van der Waals surface area contributed by atoms with E-state index in [1.165, 1.54) is 6.07 Å². The smallest absolute Gasteiger partial charge is 0.292 e. The second kappa shape index (κ2) is 6.41. The average Bonchev–Trinajstić information content (AvgIpc) is 2.60. The van der Waals surface area contributed by atoms with Gasteiger partial charge in [-0.1, -0.05) is 12.1 Å². The highest BCUT2D eigenvalue weighted by molar-refractivity contribution is 5.66. The third-order valence-electron chi connectivity index (χ3n) is 4.13. The van der Waals surface area contributed by atoms with Gasteiger partial charge in [0.15, 0.2) is 0 Å². The molecule has 2 rings (SSSR count). The van der Waals surface area contributed by atoms with Gasteiger partial charge in [0.1, 0.15) is 5.69 Å². The van der Waals surface area contributed by atoms with Gasteiger partial charge in [-0.3, -0.25) is 15.0 Å². The highest BCUT2D eigenvalue weighted by Crippen LogP contribution is 2.30. The summed E-state index contributed by atoms with van der Waals surface area (Å²) in [5.74, 6) is 0. The highest BCUT2D eigenvalue weighted by Gasteiger charge is 2.26. The van der Waals surface area contributed by atoms with E-state index >= 15 is 0 Å². The Kier molecular flexibility index (Phi) is 4.80. The number of nitrogens with one attached hydrogen (secondary N) is 1. The molecule has 1 atom stereocenters. The van der Waals surface area contributed by atoms with E-state index in [2.05, 4.69) is 10.2 Å². The molecule has 0 amide bonds. The molecule has 0 aliphatic carbocycles. The minimum Gasteiger partial charge on any atom is -0.390 e. The summed E-state index contributed by atoms with van der Waals surface area (Å²) in [4.78, 5) is 13.0. The lowest BCUT2D eigenvalue weighted by molar-refractivity contribution is -0.384. The first-order chi connectivity index (χ1) is 9.93. The average molecular weight is 293 g/mol. The largest absolute Gasteiger partial charge is 0.390 e. The lowest BCUT2D eigenvalue weighted by Crippen LogP contribution is -2.28. The normalized spacial score (nSPS) is 23.6. The van der Waals surface area contributed by atoms with Crippen LogP contribution < -0.4 is 5.32 Å². The van der Waals surface area contributed by atoms with Gasteiger partial charge in [-0.2, -0.15) is 0 Å².